The van der Waals surface area contributed by atoms with E-state index < -0.39 is 6.09 Å². The molecule has 2 fully saturated rings. The Morgan fingerprint density at radius 3 is 2.56 bits per heavy atom. The summed E-state index contributed by atoms with van der Waals surface area (Å²) in [6.07, 6.45) is 11.9. The molecule has 176 valence electrons. The summed E-state index contributed by atoms with van der Waals surface area (Å²) >= 11 is 0. The van der Waals surface area contributed by atoms with Crippen molar-refractivity contribution in [2.75, 3.05) is 6.61 Å². The van der Waals surface area contributed by atoms with Crippen LogP contribution in [0.4, 0.5) is 4.79 Å². The van der Waals surface area contributed by atoms with Crippen molar-refractivity contribution in [3.8, 4) is 0 Å². The topological polar surface area (TPSA) is 77.0 Å². The van der Waals surface area contributed by atoms with Crippen LogP contribution in [0, 0.1) is 28.6 Å². The van der Waals surface area contributed by atoms with Gasteiger partial charge in [0.05, 0.1) is 12.3 Å². The fraction of sp³-hybridized carbons (Fsp3) is 0.731. The van der Waals surface area contributed by atoms with Crippen LogP contribution in [0.15, 0.2) is 28.4 Å². The van der Waals surface area contributed by atoms with Crippen LogP contribution in [0.3, 0.4) is 0 Å². The van der Waals surface area contributed by atoms with Gasteiger partial charge in [0.25, 0.3) is 0 Å². The molecule has 2 saturated carbocycles. The Morgan fingerprint density at radius 1 is 1.09 bits per heavy atom. The molecule has 6 nitrogen and oxygen atoms in total. The second-order valence-electron chi connectivity index (χ2n) is 10.6. The normalized spacial score (nSPS) is 38.5. The SMILES string of the molecule is CCOC(=O)N/N=C(/C)C1=CC[C@H]2[C@H]3CC=C4C[C@@H](OC(C)=O)CC[C@]4(C)[C@H]3CC[C@]12C. The van der Waals surface area contributed by atoms with Gasteiger partial charge >= 0.3 is 12.1 Å². The lowest BCUT2D eigenvalue weighted by molar-refractivity contribution is -0.148. The zero-order valence-electron chi connectivity index (χ0n) is 20.2. The highest BCUT2D eigenvalue weighted by molar-refractivity contribution is 6.00. The predicted molar refractivity (Wildman–Crippen MR) is 124 cm³/mol. The third kappa shape index (κ3) is 3.90. The summed E-state index contributed by atoms with van der Waals surface area (Å²) in [5.74, 6) is 1.78. The van der Waals surface area contributed by atoms with E-state index in [0.717, 1.165) is 44.2 Å². The summed E-state index contributed by atoms with van der Waals surface area (Å²) < 4.78 is 10.5. The van der Waals surface area contributed by atoms with Crippen LogP contribution in [0.1, 0.15) is 79.6 Å². The van der Waals surface area contributed by atoms with E-state index >= 15 is 0 Å². The van der Waals surface area contributed by atoms with Gasteiger partial charge in [0.2, 0.25) is 0 Å². The molecule has 1 N–H and O–H groups in total. The molecule has 0 aromatic heterocycles. The first-order valence-corrected chi connectivity index (χ1v) is 12.2. The molecule has 4 rings (SSSR count). The molecule has 0 saturated heterocycles. The van der Waals surface area contributed by atoms with Crippen molar-refractivity contribution in [2.24, 2.45) is 33.7 Å². The second kappa shape index (κ2) is 8.68. The number of carbonyl (C=O) groups excluding carboxylic acids is 2. The third-order valence-corrected chi connectivity index (χ3v) is 8.95. The highest BCUT2D eigenvalue weighted by Crippen LogP contribution is 2.65. The quantitative estimate of drug-likeness (QED) is 0.268. The van der Waals surface area contributed by atoms with E-state index in [9.17, 15) is 9.59 Å². The molecular formula is C26H38N2O4. The second-order valence-corrected chi connectivity index (χ2v) is 10.6. The van der Waals surface area contributed by atoms with Gasteiger partial charge in [-0.25, -0.2) is 10.2 Å². The van der Waals surface area contributed by atoms with Crippen molar-refractivity contribution < 1.29 is 19.1 Å². The Bertz CT molecular complexity index is 875. The zero-order valence-corrected chi connectivity index (χ0v) is 20.2. The van der Waals surface area contributed by atoms with Gasteiger partial charge in [0.1, 0.15) is 6.10 Å². The third-order valence-electron chi connectivity index (χ3n) is 8.95. The first-order chi connectivity index (χ1) is 15.2. The molecule has 4 aliphatic carbocycles. The lowest BCUT2D eigenvalue weighted by Gasteiger charge is -2.57. The maximum absolute atomic E-state index is 11.7. The van der Waals surface area contributed by atoms with Crippen molar-refractivity contribution in [1.29, 1.82) is 0 Å². The largest absolute Gasteiger partial charge is 0.462 e. The van der Waals surface area contributed by atoms with E-state index in [4.69, 9.17) is 9.47 Å². The van der Waals surface area contributed by atoms with Crippen LogP contribution >= 0.6 is 0 Å². The van der Waals surface area contributed by atoms with Gasteiger partial charge < -0.3 is 9.47 Å². The number of ether oxygens (including phenoxy) is 2. The van der Waals surface area contributed by atoms with E-state index in [0.29, 0.717) is 24.4 Å². The van der Waals surface area contributed by atoms with E-state index in [1.807, 2.05) is 6.92 Å². The average molecular weight is 443 g/mol. The van der Waals surface area contributed by atoms with Crippen LogP contribution in [-0.4, -0.2) is 30.5 Å². The number of carbonyl (C=O) groups is 2. The molecule has 0 radical (unpaired) electrons. The van der Waals surface area contributed by atoms with E-state index in [1.54, 1.807) is 6.92 Å². The summed E-state index contributed by atoms with van der Waals surface area (Å²) in [5.41, 5.74) is 6.54. The molecule has 0 aromatic carbocycles. The lowest BCUT2D eigenvalue weighted by atomic mass is 9.47. The number of esters is 1. The highest BCUT2D eigenvalue weighted by Gasteiger charge is 2.57. The Morgan fingerprint density at radius 2 is 1.84 bits per heavy atom. The number of allylic oxidation sites excluding steroid dienone is 3. The summed E-state index contributed by atoms with van der Waals surface area (Å²) in [6.45, 7) is 10.5. The molecule has 0 bridgehead atoms. The van der Waals surface area contributed by atoms with Crippen LogP contribution in [-0.2, 0) is 14.3 Å². The first kappa shape index (κ1) is 23.1. The first-order valence-electron chi connectivity index (χ1n) is 12.2. The summed E-state index contributed by atoms with van der Waals surface area (Å²) in [5, 5.41) is 4.35. The Kier molecular flexibility index (Phi) is 6.25. The van der Waals surface area contributed by atoms with Crippen LogP contribution in [0.25, 0.3) is 0 Å². The minimum atomic E-state index is -0.502. The van der Waals surface area contributed by atoms with Crippen molar-refractivity contribution >= 4 is 17.8 Å². The van der Waals surface area contributed by atoms with Gasteiger partial charge in [0, 0.05) is 13.3 Å². The number of hydrazone groups is 1. The summed E-state index contributed by atoms with van der Waals surface area (Å²) in [4.78, 5) is 23.1. The number of amides is 1. The van der Waals surface area contributed by atoms with Crippen molar-refractivity contribution in [3.05, 3.63) is 23.3 Å². The molecule has 4 aliphatic rings. The maximum Gasteiger partial charge on any atom is 0.427 e. The van der Waals surface area contributed by atoms with E-state index in [-0.39, 0.29) is 22.9 Å². The molecule has 1 amide bonds. The van der Waals surface area contributed by atoms with Crippen LogP contribution in [0.5, 0.6) is 0 Å². The smallest absolute Gasteiger partial charge is 0.427 e. The average Bonchev–Trinajstić information content (AvgIpc) is 3.09. The maximum atomic E-state index is 11.7. The monoisotopic (exact) mass is 442 g/mol. The lowest BCUT2D eigenvalue weighted by Crippen LogP contribution is -2.50. The molecular weight excluding hydrogens is 404 g/mol. The summed E-state index contributed by atoms with van der Waals surface area (Å²) in [6, 6.07) is 0. The molecule has 6 heteroatoms. The number of hydrogen-bond acceptors (Lipinski definition) is 5. The van der Waals surface area contributed by atoms with Crippen LogP contribution < -0.4 is 5.43 Å². The van der Waals surface area contributed by atoms with Gasteiger partial charge in [-0.2, -0.15) is 5.10 Å². The molecule has 0 unspecified atom stereocenters. The fourth-order valence-corrected chi connectivity index (χ4v) is 7.44. The van der Waals surface area contributed by atoms with Gasteiger partial charge in [-0.1, -0.05) is 31.6 Å². The minimum Gasteiger partial charge on any atom is -0.462 e. The van der Waals surface area contributed by atoms with Gasteiger partial charge in [-0.05, 0) is 86.5 Å². The standard InChI is InChI=1S/C26H38N2O4/c1-6-31-24(30)28-27-16(2)21-9-10-22-20-8-7-18-15-19(32-17(3)29)11-13-25(18,4)23(20)12-14-26(21,22)5/h7,9,19-20,22-23H,6,8,10-15H2,1-5H3,(H,28,30)/b27-16-/t19-,20+,22-,23-,25-,26+/m0/s1. The van der Waals surface area contributed by atoms with E-state index in [2.05, 4.69) is 36.5 Å². The number of fused-ring (bicyclic) bond motifs is 5. The number of nitrogens with one attached hydrogen (secondary N) is 1. The number of rotatable bonds is 4. The molecule has 6 atom stereocenters. The zero-order chi connectivity index (χ0) is 23.1. The molecule has 32 heavy (non-hydrogen) atoms. The highest BCUT2D eigenvalue weighted by atomic mass is 16.6. The van der Waals surface area contributed by atoms with Gasteiger partial charge in [-0.15, -0.1) is 0 Å². The van der Waals surface area contributed by atoms with Crippen molar-refractivity contribution in [3.63, 3.8) is 0 Å². The number of nitrogens with zero attached hydrogens (tertiary/aromatic N) is 1. The van der Waals surface area contributed by atoms with Crippen molar-refractivity contribution in [2.45, 2.75) is 85.7 Å². The Hall–Kier alpha value is -2.11. The van der Waals surface area contributed by atoms with E-state index in [1.165, 1.54) is 24.5 Å². The Labute approximate surface area is 191 Å². The van der Waals surface area contributed by atoms with Gasteiger partial charge in [0.15, 0.2) is 0 Å². The predicted octanol–water partition coefficient (Wildman–Crippen LogP) is 5.54. The molecule has 0 aromatic rings. The van der Waals surface area contributed by atoms with Crippen molar-refractivity contribution in [1.82, 2.24) is 5.43 Å². The minimum absolute atomic E-state index is 0.0442. The van der Waals surface area contributed by atoms with Gasteiger partial charge in [-0.3, -0.25) is 4.79 Å². The molecule has 0 aliphatic heterocycles. The molecule has 0 spiro atoms. The Balaban J connectivity index is 1.51. The number of hydrogen-bond donors (Lipinski definition) is 1. The summed E-state index contributed by atoms with van der Waals surface area (Å²) in [7, 11) is 0. The molecule has 0 heterocycles. The fourth-order valence-electron chi connectivity index (χ4n) is 7.44. The van der Waals surface area contributed by atoms with Crippen LogP contribution in [0.2, 0.25) is 0 Å².